The quantitative estimate of drug-likeness (QED) is 0.344. The Balaban J connectivity index is 3.08. The van der Waals surface area contributed by atoms with Crippen molar-refractivity contribution in [2.24, 2.45) is 0 Å². The molecule has 0 aliphatic heterocycles. The van der Waals surface area contributed by atoms with Crippen LogP contribution < -0.4 is 4.74 Å². The van der Waals surface area contributed by atoms with Gasteiger partial charge < -0.3 is 9.47 Å². The molecule has 5 heteroatoms. The van der Waals surface area contributed by atoms with Crippen molar-refractivity contribution < 1.29 is 23.9 Å². The van der Waals surface area contributed by atoms with Crippen molar-refractivity contribution >= 4 is 18.2 Å². The molecule has 0 aliphatic rings. The van der Waals surface area contributed by atoms with E-state index in [0.29, 0.717) is 6.29 Å². The Kier molecular flexibility index (Phi) is 4.80. The molecular formula is C13H12O5. The van der Waals surface area contributed by atoms with E-state index < -0.39 is 11.9 Å². The van der Waals surface area contributed by atoms with Gasteiger partial charge in [-0.15, -0.1) is 0 Å². The fourth-order valence-corrected chi connectivity index (χ4v) is 1.21. The number of hydrogen-bond donors (Lipinski definition) is 0. The maximum Gasteiger partial charge on any atom is 0.338 e. The molecule has 0 atom stereocenters. The molecule has 0 spiro atoms. The monoisotopic (exact) mass is 248 g/mol. The van der Waals surface area contributed by atoms with E-state index in [9.17, 15) is 14.4 Å². The van der Waals surface area contributed by atoms with Gasteiger partial charge in [0, 0.05) is 6.08 Å². The van der Waals surface area contributed by atoms with Gasteiger partial charge in [0.15, 0.2) is 6.29 Å². The average Bonchev–Trinajstić information content (AvgIpc) is 2.38. The Morgan fingerprint density at radius 1 is 1.39 bits per heavy atom. The predicted octanol–water partition coefficient (Wildman–Crippen LogP) is 1.77. The first-order valence-electron chi connectivity index (χ1n) is 5.23. The second-order valence-corrected chi connectivity index (χ2v) is 3.22. The van der Waals surface area contributed by atoms with Crippen molar-refractivity contribution in [3.63, 3.8) is 0 Å². The van der Waals surface area contributed by atoms with Gasteiger partial charge in [0.1, 0.15) is 5.75 Å². The van der Waals surface area contributed by atoms with Crippen LogP contribution >= 0.6 is 0 Å². The number of rotatable bonds is 5. The fraction of sp³-hybridized carbons (Fsp3) is 0.154. The van der Waals surface area contributed by atoms with Crippen LogP contribution in [0.1, 0.15) is 27.6 Å². The van der Waals surface area contributed by atoms with E-state index in [2.05, 4.69) is 6.58 Å². The summed E-state index contributed by atoms with van der Waals surface area (Å²) in [4.78, 5) is 33.3. The molecule has 0 unspecified atom stereocenters. The van der Waals surface area contributed by atoms with Crippen molar-refractivity contribution in [3.05, 3.63) is 42.0 Å². The van der Waals surface area contributed by atoms with E-state index in [1.165, 1.54) is 18.2 Å². The summed E-state index contributed by atoms with van der Waals surface area (Å²) in [5.74, 6) is -1.26. The van der Waals surface area contributed by atoms with Gasteiger partial charge in [0.05, 0.1) is 17.7 Å². The first kappa shape index (κ1) is 13.6. The number of ether oxygens (including phenoxy) is 2. The van der Waals surface area contributed by atoms with Crippen molar-refractivity contribution in [1.82, 2.24) is 0 Å². The Hall–Kier alpha value is -2.43. The van der Waals surface area contributed by atoms with Crippen LogP contribution in [0.4, 0.5) is 0 Å². The number of carbonyl (C=O) groups excluding carboxylic acids is 3. The molecular weight excluding hydrogens is 236 g/mol. The Bertz CT molecular complexity index is 490. The zero-order valence-electron chi connectivity index (χ0n) is 9.84. The second-order valence-electron chi connectivity index (χ2n) is 3.22. The van der Waals surface area contributed by atoms with E-state index in [1.54, 1.807) is 6.92 Å². The number of benzene rings is 1. The maximum atomic E-state index is 11.5. The van der Waals surface area contributed by atoms with Crippen LogP contribution in [0.3, 0.4) is 0 Å². The number of aldehydes is 1. The van der Waals surface area contributed by atoms with Gasteiger partial charge in [-0.2, -0.15) is 0 Å². The highest BCUT2D eigenvalue weighted by atomic mass is 16.5. The Morgan fingerprint density at radius 2 is 2.11 bits per heavy atom. The summed E-state index contributed by atoms with van der Waals surface area (Å²) >= 11 is 0. The molecule has 0 aliphatic carbocycles. The SMILES string of the molecule is C=CC(=O)Oc1cc(C(=O)OCC)ccc1C=O. The molecule has 94 valence electrons. The molecule has 0 fully saturated rings. The normalized spacial score (nSPS) is 9.39. The molecule has 0 saturated carbocycles. The van der Waals surface area contributed by atoms with Gasteiger partial charge in [-0.25, -0.2) is 9.59 Å². The summed E-state index contributed by atoms with van der Waals surface area (Å²) in [7, 11) is 0. The highest BCUT2D eigenvalue weighted by Gasteiger charge is 2.12. The lowest BCUT2D eigenvalue weighted by molar-refractivity contribution is -0.128. The van der Waals surface area contributed by atoms with Crippen molar-refractivity contribution in [3.8, 4) is 5.75 Å². The summed E-state index contributed by atoms with van der Waals surface area (Å²) in [5, 5.41) is 0. The van der Waals surface area contributed by atoms with Crippen LogP contribution in [0.25, 0.3) is 0 Å². The first-order chi connectivity index (χ1) is 8.62. The summed E-state index contributed by atoms with van der Waals surface area (Å²) in [6.07, 6.45) is 1.49. The molecule has 1 aromatic rings. The van der Waals surface area contributed by atoms with Crippen molar-refractivity contribution in [2.45, 2.75) is 6.92 Å². The molecule has 0 radical (unpaired) electrons. The zero-order valence-corrected chi connectivity index (χ0v) is 9.84. The minimum absolute atomic E-state index is 0.000420. The number of carbonyl (C=O) groups is 3. The van der Waals surface area contributed by atoms with E-state index in [0.717, 1.165) is 6.08 Å². The highest BCUT2D eigenvalue weighted by Crippen LogP contribution is 2.20. The van der Waals surface area contributed by atoms with Gasteiger partial charge >= 0.3 is 11.9 Å². The molecule has 5 nitrogen and oxygen atoms in total. The molecule has 0 bridgehead atoms. The van der Waals surface area contributed by atoms with E-state index in [-0.39, 0.29) is 23.5 Å². The molecule has 1 rings (SSSR count). The maximum absolute atomic E-state index is 11.5. The minimum atomic E-state index is -0.709. The minimum Gasteiger partial charge on any atom is -0.462 e. The van der Waals surface area contributed by atoms with Crippen molar-refractivity contribution in [2.75, 3.05) is 6.61 Å². The second kappa shape index (κ2) is 6.34. The smallest absolute Gasteiger partial charge is 0.338 e. The van der Waals surface area contributed by atoms with E-state index in [4.69, 9.17) is 9.47 Å². The average molecular weight is 248 g/mol. The lowest BCUT2D eigenvalue weighted by Gasteiger charge is -2.07. The van der Waals surface area contributed by atoms with E-state index in [1.807, 2.05) is 0 Å². The van der Waals surface area contributed by atoms with Gasteiger partial charge in [0.25, 0.3) is 0 Å². The number of hydrogen-bond acceptors (Lipinski definition) is 5. The molecule has 0 heterocycles. The fourth-order valence-electron chi connectivity index (χ4n) is 1.21. The molecule has 0 saturated heterocycles. The van der Waals surface area contributed by atoms with Crippen LogP contribution in [0.2, 0.25) is 0 Å². The predicted molar refractivity (Wildman–Crippen MR) is 63.6 cm³/mol. The molecule has 1 aromatic carbocycles. The molecule has 0 amide bonds. The van der Waals surface area contributed by atoms with Crippen LogP contribution in [-0.2, 0) is 9.53 Å². The van der Waals surface area contributed by atoms with Gasteiger partial charge in [-0.3, -0.25) is 4.79 Å². The third kappa shape index (κ3) is 3.28. The van der Waals surface area contributed by atoms with Gasteiger partial charge in [-0.05, 0) is 25.1 Å². The zero-order chi connectivity index (χ0) is 13.5. The Labute approximate surface area is 104 Å². The van der Waals surface area contributed by atoms with E-state index >= 15 is 0 Å². The third-order valence-electron chi connectivity index (χ3n) is 2.03. The topological polar surface area (TPSA) is 69.7 Å². The van der Waals surface area contributed by atoms with Crippen molar-refractivity contribution in [1.29, 1.82) is 0 Å². The van der Waals surface area contributed by atoms with Crippen LogP contribution in [0.15, 0.2) is 30.9 Å². The van der Waals surface area contributed by atoms with Gasteiger partial charge in [-0.1, -0.05) is 6.58 Å². The highest BCUT2D eigenvalue weighted by molar-refractivity contribution is 5.93. The Morgan fingerprint density at radius 3 is 2.67 bits per heavy atom. The van der Waals surface area contributed by atoms with Crippen LogP contribution in [0, 0.1) is 0 Å². The van der Waals surface area contributed by atoms with Gasteiger partial charge in [0.2, 0.25) is 0 Å². The summed E-state index contributed by atoms with van der Waals surface area (Å²) in [6.45, 7) is 5.15. The number of esters is 2. The summed E-state index contributed by atoms with van der Waals surface area (Å²) in [5.41, 5.74) is 0.368. The van der Waals surface area contributed by atoms with Crippen LogP contribution in [0.5, 0.6) is 5.75 Å². The standard InChI is InChI=1S/C13H12O5/c1-3-12(15)18-11-7-9(13(16)17-4-2)5-6-10(11)8-14/h3,5-8H,1,4H2,2H3. The summed E-state index contributed by atoms with van der Waals surface area (Å²) in [6, 6.07) is 4.08. The molecule has 18 heavy (non-hydrogen) atoms. The lowest BCUT2D eigenvalue weighted by Crippen LogP contribution is -2.08. The third-order valence-corrected chi connectivity index (χ3v) is 2.03. The summed E-state index contributed by atoms with van der Waals surface area (Å²) < 4.78 is 9.66. The molecule has 0 aromatic heterocycles. The van der Waals surface area contributed by atoms with Crippen LogP contribution in [-0.4, -0.2) is 24.8 Å². The lowest BCUT2D eigenvalue weighted by atomic mass is 10.1. The molecule has 0 N–H and O–H groups in total. The largest absolute Gasteiger partial charge is 0.462 e. The first-order valence-corrected chi connectivity index (χ1v) is 5.23.